The Bertz CT molecular complexity index is 1110. The quantitative estimate of drug-likeness (QED) is 0.275. The van der Waals surface area contributed by atoms with Gasteiger partial charge in [0.2, 0.25) is 5.78 Å². The maximum absolute atomic E-state index is 14.8. The molecule has 1 nitrogen and oxygen atoms in total. The second-order valence-electron chi connectivity index (χ2n) is 6.92. The van der Waals surface area contributed by atoms with Crippen LogP contribution >= 0.6 is 0 Å². The average Bonchev–Trinajstić information content (AvgIpc) is 2.65. The topological polar surface area (TPSA) is 17.1 Å². The van der Waals surface area contributed by atoms with Gasteiger partial charge in [0.15, 0.2) is 11.6 Å². The third-order valence-corrected chi connectivity index (χ3v) is 4.86. The summed E-state index contributed by atoms with van der Waals surface area (Å²) >= 11 is 0. The lowest BCUT2D eigenvalue weighted by molar-refractivity contribution is -0.426. The Morgan fingerprint density at radius 3 is 1.36 bits per heavy atom. The standard InChI is InChI=1S/C15F20O/c16-4-1-2(5(17)6(18)3(4)10(22,23)24)9(20,21)11(25,26)8(19,7(1)36)12(27,28)13(29,30)14(31,32)15(33,34)35. The van der Waals surface area contributed by atoms with E-state index in [4.69, 9.17) is 0 Å². The van der Waals surface area contributed by atoms with E-state index in [0.717, 1.165) is 0 Å². The van der Waals surface area contributed by atoms with Crippen LogP contribution in [0.1, 0.15) is 21.5 Å². The van der Waals surface area contributed by atoms with Gasteiger partial charge in [0.05, 0.1) is 11.1 Å². The van der Waals surface area contributed by atoms with Crippen LogP contribution < -0.4 is 0 Å². The van der Waals surface area contributed by atoms with Crippen LogP contribution in [-0.2, 0) is 12.1 Å². The van der Waals surface area contributed by atoms with Crippen molar-refractivity contribution < 1.29 is 92.6 Å². The van der Waals surface area contributed by atoms with E-state index in [1.807, 2.05) is 0 Å². The Kier molecular flexibility index (Phi) is 6.02. The maximum atomic E-state index is 14.8. The molecule has 1 atom stereocenters. The van der Waals surface area contributed by atoms with E-state index in [1.165, 1.54) is 0 Å². The molecule has 0 saturated heterocycles. The molecule has 0 spiro atoms. The third kappa shape index (κ3) is 3.08. The van der Waals surface area contributed by atoms with Crippen molar-refractivity contribution in [3.63, 3.8) is 0 Å². The normalized spacial score (nSPS) is 23.1. The lowest BCUT2D eigenvalue weighted by atomic mass is 9.69. The minimum atomic E-state index is -8.66. The summed E-state index contributed by atoms with van der Waals surface area (Å²) < 4.78 is 269. The third-order valence-electron chi connectivity index (χ3n) is 4.86. The Morgan fingerprint density at radius 1 is 0.583 bits per heavy atom. The number of rotatable bonds is 3. The first kappa shape index (κ1) is 29.7. The fourth-order valence-corrected chi connectivity index (χ4v) is 3.04. The molecule has 1 aliphatic rings. The van der Waals surface area contributed by atoms with Crippen LogP contribution in [0.2, 0.25) is 0 Å². The summed E-state index contributed by atoms with van der Waals surface area (Å²) in [7, 11) is 0. The molecule has 0 N–H and O–H groups in total. The van der Waals surface area contributed by atoms with Crippen molar-refractivity contribution in [3.05, 3.63) is 34.1 Å². The number of halogens is 20. The van der Waals surface area contributed by atoms with Crippen molar-refractivity contribution in [1.29, 1.82) is 0 Å². The smallest absolute Gasteiger partial charge is 0.290 e. The molecule has 1 aliphatic carbocycles. The molecule has 0 radical (unpaired) electrons. The van der Waals surface area contributed by atoms with Crippen LogP contribution in [0.25, 0.3) is 0 Å². The first-order valence-electron chi connectivity index (χ1n) is 7.98. The minimum Gasteiger partial charge on any atom is -0.290 e. The molecular weight excluding hydrogens is 576 g/mol. The predicted octanol–water partition coefficient (Wildman–Crippen LogP) is 7.22. The van der Waals surface area contributed by atoms with Gasteiger partial charge in [0, 0.05) is 0 Å². The van der Waals surface area contributed by atoms with E-state index in [-0.39, 0.29) is 0 Å². The number of carbonyl (C=O) groups excluding carboxylic acids is 1. The lowest BCUT2D eigenvalue weighted by Gasteiger charge is -2.47. The SMILES string of the molecule is O=C1c2c(F)c(C(F)(F)F)c(F)c(F)c2C(F)(F)C(F)(F)C1(F)C(F)(F)C(F)(F)C(F)(F)C(F)(F)F. The first-order valence-corrected chi connectivity index (χ1v) is 7.98. The molecule has 206 valence electrons. The Labute approximate surface area is 181 Å². The Hall–Kier alpha value is -2.51. The van der Waals surface area contributed by atoms with Gasteiger partial charge in [0.25, 0.3) is 0 Å². The Morgan fingerprint density at radius 2 is 1.00 bits per heavy atom. The molecule has 36 heavy (non-hydrogen) atoms. The number of alkyl halides is 17. The molecule has 0 heterocycles. The summed E-state index contributed by atoms with van der Waals surface area (Å²) in [6.45, 7) is 0. The van der Waals surface area contributed by atoms with Crippen LogP contribution in [0, 0.1) is 17.5 Å². The van der Waals surface area contributed by atoms with E-state index < -0.39 is 87.6 Å². The highest BCUT2D eigenvalue weighted by molar-refractivity contribution is 6.07. The summed E-state index contributed by atoms with van der Waals surface area (Å²) in [5, 5.41) is 0. The van der Waals surface area contributed by atoms with Gasteiger partial charge in [-0.25, -0.2) is 17.6 Å². The van der Waals surface area contributed by atoms with Gasteiger partial charge < -0.3 is 0 Å². The molecule has 0 aliphatic heterocycles. The highest BCUT2D eigenvalue weighted by Gasteiger charge is 2.95. The van der Waals surface area contributed by atoms with E-state index in [1.54, 1.807) is 0 Å². The van der Waals surface area contributed by atoms with E-state index in [9.17, 15) is 92.6 Å². The van der Waals surface area contributed by atoms with Crippen LogP contribution in [0.4, 0.5) is 87.8 Å². The molecule has 1 unspecified atom stereocenters. The second-order valence-corrected chi connectivity index (χ2v) is 6.92. The van der Waals surface area contributed by atoms with Crippen molar-refractivity contribution in [2.75, 3.05) is 0 Å². The zero-order chi connectivity index (χ0) is 29.0. The molecule has 0 aromatic heterocycles. The van der Waals surface area contributed by atoms with E-state index in [2.05, 4.69) is 0 Å². The molecule has 0 fully saturated rings. The fourth-order valence-electron chi connectivity index (χ4n) is 3.04. The first-order chi connectivity index (χ1) is 15.5. The summed E-state index contributed by atoms with van der Waals surface area (Å²) in [6, 6.07) is 0. The minimum absolute atomic E-state index is 3.85. The number of fused-ring (bicyclic) bond motifs is 1. The summed E-state index contributed by atoms with van der Waals surface area (Å²) in [5.41, 5.74) is -19.9. The summed E-state index contributed by atoms with van der Waals surface area (Å²) in [6.07, 6.45) is -14.6. The molecule has 1 aromatic carbocycles. The maximum Gasteiger partial charge on any atom is 0.460 e. The zero-order valence-electron chi connectivity index (χ0n) is 15.5. The fraction of sp³-hybridized carbons (Fsp3) is 0.533. The molecule has 0 bridgehead atoms. The monoisotopic (exact) mass is 576 g/mol. The predicted molar refractivity (Wildman–Crippen MR) is 69.2 cm³/mol. The number of benzene rings is 1. The lowest BCUT2D eigenvalue weighted by Crippen LogP contribution is -2.77. The van der Waals surface area contributed by atoms with Crippen LogP contribution in [0.3, 0.4) is 0 Å². The molecule has 1 aromatic rings. The van der Waals surface area contributed by atoms with Gasteiger partial charge in [0.1, 0.15) is 11.4 Å². The van der Waals surface area contributed by atoms with Gasteiger partial charge >= 0.3 is 47.6 Å². The van der Waals surface area contributed by atoms with Gasteiger partial charge in [-0.1, -0.05) is 0 Å². The van der Waals surface area contributed by atoms with Crippen molar-refractivity contribution in [2.45, 2.75) is 47.6 Å². The van der Waals surface area contributed by atoms with Gasteiger partial charge in [-0.3, -0.25) is 4.79 Å². The highest BCUT2D eigenvalue weighted by atomic mass is 19.4. The largest absolute Gasteiger partial charge is 0.460 e. The summed E-state index contributed by atoms with van der Waals surface area (Å²) in [4.78, 5) is 11.9. The molecule has 2 rings (SSSR count). The van der Waals surface area contributed by atoms with Gasteiger partial charge in [-0.2, -0.15) is 70.2 Å². The number of carbonyl (C=O) groups is 1. The van der Waals surface area contributed by atoms with Crippen LogP contribution in [0.5, 0.6) is 0 Å². The molecular formula is C15F20O. The number of hydrogen-bond acceptors (Lipinski definition) is 1. The van der Waals surface area contributed by atoms with Gasteiger partial charge in [-0.15, -0.1) is 0 Å². The number of ketones is 1. The van der Waals surface area contributed by atoms with Crippen LogP contribution in [0.15, 0.2) is 0 Å². The number of Topliss-reactive ketones (excluding diaryl/α,β-unsaturated/α-hetero) is 1. The zero-order valence-corrected chi connectivity index (χ0v) is 15.5. The van der Waals surface area contributed by atoms with E-state index in [0.29, 0.717) is 0 Å². The van der Waals surface area contributed by atoms with Crippen molar-refractivity contribution in [1.82, 2.24) is 0 Å². The van der Waals surface area contributed by atoms with Crippen molar-refractivity contribution in [3.8, 4) is 0 Å². The Balaban J connectivity index is 3.14. The average molecular weight is 576 g/mol. The summed E-state index contributed by atoms with van der Waals surface area (Å²) in [5.74, 6) is -57.8. The van der Waals surface area contributed by atoms with Crippen molar-refractivity contribution >= 4 is 5.78 Å². The number of hydrogen-bond donors (Lipinski definition) is 0. The molecule has 21 heteroatoms. The molecule has 0 amide bonds. The van der Waals surface area contributed by atoms with Crippen molar-refractivity contribution in [2.24, 2.45) is 0 Å². The van der Waals surface area contributed by atoms with E-state index >= 15 is 0 Å². The van der Waals surface area contributed by atoms with Crippen LogP contribution in [-0.4, -0.2) is 41.3 Å². The highest BCUT2D eigenvalue weighted by Crippen LogP contribution is 2.66. The van der Waals surface area contributed by atoms with Gasteiger partial charge in [-0.05, 0) is 0 Å². The second kappa shape index (κ2) is 7.29. The molecule has 0 saturated carbocycles.